The van der Waals surface area contributed by atoms with Gasteiger partial charge in [0.05, 0.1) is 18.6 Å². The van der Waals surface area contributed by atoms with Crippen molar-refractivity contribution in [1.82, 2.24) is 4.98 Å². The maximum absolute atomic E-state index is 11.5. The minimum Gasteiger partial charge on any atom is -0.473 e. The van der Waals surface area contributed by atoms with E-state index in [-0.39, 0.29) is 11.4 Å². The summed E-state index contributed by atoms with van der Waals surface area (Å²) in [6, 6.07) is 1.24. The van der Waals surface area contributed by atoms with Crippen LogP contribution in [0.1, 0.15) is 36.5 Å². The van der Waals surface area contributed by atoms with E-state index < -0.39 is 16.6 Å². The van der Waals surface area contributed by atoms with Crippen LogP contribution in [0.3, 0.4) is 0 Å². The monoisotopic (exact) mass is 268 g/mol. The molecule has 0 unspecified atom stereocenters. The number of ether oxygens (including phenoxy) is 2. The summed E-state index contributed by atoms with van der Waals surface area (Å²) in [4.78, 5) is 25.6. The third-order valence-corrected chi connectivity index (χ3v) is 2.47. The molecule has 0 aliphatic rings. The molecule has 0 radical (unpaired) electrons. The Labute approximate surface area is 110 Å². The van der Waals surface area contributed by atoms with Gasteiger partial charge in [-0.25, -0.2) is 9.78 Å². The van der Waals surface area contributed by atoms with Crippen LogP contribution in [-0.4, -0.2) is 29.6 Å². The number of nitrogens with zero attached hydrogens (tertiary/aromatic N) is 2. The highest BCUT2D eigenvalue weighted by molar-refractivity contribution is 5.94. The zero-order chi connectivity index (χ0) is 14.3. The molecule has 0 atom stereocenters. The largest absolute Gasteiger partial charge is 0.473 e. The molecule has 1 aromatic heterocycles. The average molecular weight is 268 g/mol. The first kappa shape index (κ1) is 14.9. The van der Waals surface area contributed by atoms with Crippen molar-refractivity contribution >= 4 is 11.7 Å². The lowest BCUT2D eigenvalue weighted by atomic mass is 10.2. The number of unbranched alkanes of at least 4 members (excludes halogenated alkanes) is 2. The fourth-order valence-corrected chi connectivity index (χ4v) is 1.51. The van der Waals surface area contributed by atoms with Crippen molar-refractivity contribution in [2.24, 2.45) is 0 Å². The van der Waals surface area contributed by atoms with Gasteiger partial charge < -0.3 is 9.47 Å². The molecule has 0 bridgehead atoms. The Bertz CT molecular complexity index is 461. The van der Waals surface area contributed by atoms with E-state index in [1.54, 1.807) is 0 Å². The third kappa shape index (κ3) is 3.90. The first-order valence-electron chi connectivity index (χ1n) is 5.96. The Morgan fingerprint density at radius 2 is 2.21 bits per heavy atom. The van der Waals surface area contributed by atoms with E-state index in [4.69, 9.17) is 4.74 Å². The molecule has 0 fully saturated rings. The molecule has 104 valence electrons. The van der Waals surface area contributed by atoms with Gasteiger partial charge in [-0.05, 0) is 12.5 Å². The number of pyridine rings is 1. The van der Waals surface area contributed by atoms with E-state index in [0.29, 0.717) is 6.61 Å². The van der Waals surface area contributed by atoms with Crippen molar-refractivity contribution in [2.75, 3.05) is 13.7 Å². The Kier molecular flexibility index (Phi) is 5.72. The fourth-order valence-electron chi connectivity index (χ4n) is 1.51. The number of nitro groups is 1. The van der Waals surface area contributed by atoms with Gasteiger partial charge >= 0.3 is 11.7 Å². The lowest BCUT2D eigenvalue weighted by Crippen LogP contribution is -2.09. The molecule has 0 aliphatic heterocycles. The molecule has 0 aliphatic carbocycles. The molecule has 1 rings (SSSR count). The van der Waals surface area contributed by atoms with Gasteiger partial charge in [0.2, 0.25) is 0 Å². The second-order valence-electron chi connectivity index (χ2n) is 3.82. The Morgan fingerprint density at radius 3 is 2.79 bits per heavy atom. The molecule has 0 saturated heterocycles. The van der Waals surface area contributed by atoms with Gasteiger partial charge in [0.15, 0.2) is 0 Å². The Balaban J connectivity index is 2.97. The first-order valence-corrected chi connectivity index (χ1v) is 5.96. The average Bonchev–Trinajstić information content (AvgIpc) is 2.42. The molecule has 0 aromatic carbocycles. The molecule has 1 heterocycles. The smallest absolute Gasteiger partial charge is 0.345 e. The van der Waals surface area contributed by atoms with Crippen molar-refractivity contribution in [1.29, 1.82) is 0 Å². The molecule has 0 saturated carbocycles. The third-order valence-electron chi connectivity index (χ3n) is 2.47. The van der Waals surface area contributed by atoms with E-state index >= 15 is 0 Å². The van der Waals surface area contributed by atoms with Gasteiger partial charge in [-0.1, -0.05) is 19.8 Å². The van der Waals surface area contributed by atoms with Crippen molar-refractivity contribution in [3.05, 3.63) is 27.9 Å². The van der Waals surface area contributed by atoms with E-state index in [9.17, 15) is 14.9 Å². The second kappa shape index (κ2) is 7.30. The normalized spacial score (nSPS) is 10.0. The first-order chi connectivity index (χ1) is 9.11. The molecule has 7 nitrogen and oxygen atoms in total. The highest BCUT2D eigenvalue weighted by Gasteiger charge is 2.27. The molecule has 0 spiro atoms. The quantitative estimate of drug-likeness (QED) is 0.326. The van der Waals surface area contributed by atoms with Crippen molar-refractivity contribution < 1.29 is 19.2 Å². The highest BCUT2D eigenvalue weighted by atomic mass is 16.6. The topological polar surface area (TPSA) is 91.6 Å². The van der Waals surface area contributed by atoms with Crippen LogP contribution in [0.5, 0.6) is 5.88 Å². The minimum atomic E-state index is -0.785. The zero-order valence-corrected chi connectivity index (χ0v) is 10.9. The van der Waals surface area contributed by atoms with Crippen LogP contribution in [0, 0.1) is 10.1 Å². The predicted molar refractivity (Wildman–Crippen MR) is 67.3 cm³/mol. The van der Waals surface area contributed by atoms with Gasteiger partial charge in [-0.3, -0.25) is 10.1 Å². The number of esters is 1. The van der Waals surface area contributed by atoms with Crippen LogP contribution in [0.15, 0.2) is 12.3 Å². The molecular weight excluding hydrogens is 252 g/mol. The van der Waals surface area contributed by atoms with Gasteiger partial charge in [0.25, 0.3) is 5.88 Å². The van der Waals surface area contributed by atoms with Crippen LogP contribution >= 0.6 is 0 Å². The predicted octanol–water partition coefficient (Wildman–Crippen LogP) is 2.35. The number of methoxy groups -OCH3 is 1. The fraction of sp³-hybridized carbons (Fsp3) is 0.500. The molecular formula is C12H16N2O5. The van der Waals surface area contributed by atoms with Crippen molar-refractivity contribution in [2.45, 2.75) is 26.2 Å². The zero-order valence-electron chi connectivity index (χ0n) is 10.9. The summed E-state index contributed by atoms with van der Waals surface area (Å²) in [6.07, 6.45) is 4.04. The van der Waals surface area contributed by atoms with E-state index in [2.05, 4.69) is 9.72 Å². The van der Waals surface area contributed by atoms with Gasteiger partial charge in [-0.2, -0.15) is 0 Å². The highest BCUT2D eigenvalue weighted by Crippen LogP contribution is 2.29. The molecule has 0 N–H and O–H groups in total. The van der Waals surface area contributed by atoms with Gasteiger partial charge in [0.1, 0.15) is 5.56 Å². The van der Waals surface area contributed by atoms with Crippen molar-refractivity contribution in [3.63, 3.8) is 0 Å². The summed E-state index contributed by atoms with van der Waals surface area (Å²) >= 11 is 0. The van der Waals surface area contributed by atoms with Gasteiger partial charge in [-0.15, -0.1) is 0 Å². The van der Waals surface area contributed by atoms with Crippen LogP contribution in [0.2, 0.25) is 0 Å². The Morgan fingerprint density at radius 1 is 1.47 bits per heavy atom. The number of rotatable bonds is 7. The lowest BCUT2D eigenvalue weighted by Gasteiger charge is -2.07. The number of carbonyl (C=O) groups is 1. The molecule has 1 aromatic rings. The SMILES string of the molecule is CCCCCOc1nccc(C(=O)OC)c1[N+](=O)[O-]. The summed E-state index contributed by atoms with van der Waals surface area (Å²) in [5.74, 6) is -0.934. The van der Waals surface area contributed by atoms with Crippen LogP contribution < -0.4 is 4.74 Å². The number of hydrogen-bond acceptors (Lipinski definition) is 6. The molecule has 0 amide bonds. The van der Waals surface area contributed by atoms with Crippen LogP contribution in [-0.2, 0) is 4.74 Å². The number of carbonyl (C=O) groups excluding carboxylic acids is 1. The maximum Gasteiger partial charge on any atom is 0.345 e. The number of hydrogen-bond donors (Lipinski definition) is 0. The number of aromatic nitrogens is 1. The van der Waals surface area contributed by atoms with Crippen molar-refractivity contribution in [3.8, 4) is 5.88 Å². The maximum atomic E-state index is 11.5. The van der Waals surface area contributed by atoms with Crippen LogP contribution in [0.4, 0.5) is 5.69 Å². The Hall–Kier alpha value is -2.18. The molecule has 19 heavy (non-hydrogen) atoms. The summed E-state index contributed by atoms with van der Waals surface area (Å²) in [7, 11) is 1.16. The van der Waals surface area contributed by atoms with E-state index in [0.717, 1.165) is 26.4 Å². The summed E-state index contributed by atoms with van der Waals surface area (Å²) in [6.45, 7) is 2.37. The second-order valence-corrected chi connectivity index (χ2v) is 3.82. The summed E-state index contributed by atoms with van der Waals surface area (Å²) in [5.41, 5.74) is -0.612. The lowest BCUT2D eigenvalue weighted by molar-refractivity contribution is -0.386. The summed E-state index contributed by atoms with van der Waals surface area (Å²) < 4.78 is 9.77. The van der Waals surface area contributed by atoms with E-state index in [1.165, 1.54) is 12.3 Å². The minimum absolute atomic E-state index is 0.149. The standard InChI is InChI=1S/C12H16N2O5/c1-3-4-5-8-19-11-10(14(16)17)9(6-7-13-11)12(15)18-2/h6-7H,3-5,8H2,1-2H3. The summed E-state index contributed by atoms with van der Waals surface area (Å²) in [5, 5.41) is 11.0. The van der Waals surface area contributed by atoms with E-state index in [1.807, 2.05) is 6.92 Å². The van der Waals surface area contributed by atoms with Gasteiger partial charge in [0, 0.05) is 6.20 Å². The molecule has 7 heteroatoms. The van der Waals surface area contributed by atoms with Crippen LogP contribution in [0.25, 0.3) is 0 Å².